The van der Waals surface area contributed by atoms with E-state index in [0.717, 1.165) is 15.8 Å². The van der Waals surface area contributed by atoms with Crippen LogP contribution >= 0.6 is 15.9 Å². The van der Waals surface area contributed by atoms with Crippen molar-refractivity contribution in [3.8, 4) is 5.69 Å². The third kappa shape index (κ3) is 3.16. The number of halogens is 1. The Morgan fingerprint density at radius 1 is 1.10 bits per heavy atom. The predicted octanol–water partition coefficient (Wildman–Crippen LogP) is 4.81. The standard InChI is InChI=1S/C17H16BrN3/c1-13(14-6-4-7-15(18)12-14)20-16-8-2-3-9-17(16)21-11-5-10-19-21/h2-13,20H,1H3. The quantitative estimate of drug-likeness (QED) is 0.738. The van der Waals surface area contributed by atoms with Gasteiger partial charge in [-0.1, -0.05) is 40.2 Å². The van der Waals surface area contributed by atoms with E-state index in [1.807, 2.05) is 35.1 Å². The molecule has 3 nitrogen and oxygen atoms in total. The van der Waals surface area contributed by atoms with E-state index < -0.39 is 0 Å². The van der Waals surface area contributed by atoms with Crippen LogP contribution in [0.5, 0.6) is 0 Å². The minimum atomic E-state index is 0.208. The average molecular weight is 342 g/mol. The first kappa shape index (κ1) is 13.9. The van der Waals surface area contributed by atoms with Gasteiger partial charge in [-0.2, -0.15) is 5.10 Å². The van der Waals surface area contributed by atoms with Crippen molar-refractivity contribution in [1.29, 1.82) is 0 Å². The largest absolute Gasteiger partial charge is 0.377 e. The Bertz CT molecular complexity index is 722. The van der Waals surface area contributed by atoms with Gasteiger partial charge in [0.15, 0.2) is 0 Å². The van der Waals surface area contributed by atoms with E-state index >= 15 is 0 Å². The second-order valence-corrected chi connectivity index (χ2v) is 5.80. The number of hydrogen-bond acceptors (Lipinski definition) is 2. The minimum absolute atomic E-state index is 0.208. The highest BCUT2D eigenvalue weighted by Crippen LogP contribution is 2.26. The molecule has 0 aliphatic carbocycles. The topological polar surface area (TPSA) is 29.9 Å². The average Bonchev–Trinajstić information content (AvgIpc) is 3.02. The maximum atomic E-state index is 4.31. The van der Waals surface area contributed by atoms with Gasteiger partial charge in [-0.25, -0.2) is 4.68 Å². The zero-order valence-electron chi connectivity index (χ0n) is 11.7. The highest BCUT2D eigenvalue weighted by atomic mass is 79.9. The summed E-state index contributed by atoms with van der Waals surface area (Å²) in [6.07, 6.45) is 3.73. The second-order valence-electron chi connectivity index (χ2n) is 4.89. The van der Waals surface area contributed by atoms with Crippen molar-refractivity contribution in [1.82, 2.24) is 9.78 Å². The summed E-state index contributed by atoms with van der Waals surface area (Å²) in [6.45, 7) is 2.15. The molecular weight excluding hydrogens is 326 g/mol. The monoisotopic (exact) mass is 341 g/mol. The predicted molar refractivity (Wildman–Crippen MR) is 89.7 cm³/mol. The third-order valence-electron chi connectivity index (χ3n) is 3.38. The SMILES string of the molecule is CC(Nc1ccccc1-n1cccn1)c1cccc(Br)c1. The van der Waals surface area contributed by atoms with Crippen LogP contribution in [0.1, 0.15) is 18.5 Å². The molecule has 4 heteroatoms. The van der Waals surface area contributed by atoms with E-state index in [1.165, 1.54) is 5.56 Å². The molecule has 2 aromatic carbocycles. The molecule has 3 rings (SSSR count). The zero-order valence-corrected chi connectivity index (χ0v) is 13.3. The summed E-state index contributed by atoms with van der Waals surface area (Å²) in [5.74, 6) is 0. The van der Waals surface area contributed by atoms with Crippen LogP contribution in [0.25, 0.3) is 5.69 Å². The fourth-order valence-electron chi connectivity index (χ4n) is 2.30. The summed E-state index contributed by atoms with van der Waals surface area (Å²) in [6, 6.07) is 18.7. The molecular formula is C17H16BrN3. The fourth-order valence-corrected chi connectivity index (χ4v) is 2.72. The fraction of sp³-hybridized carbons (Fsp3) is 0.118. The number of rotatable bonds is 4. The molecule has 1 heterocycles. The Labute approximate surface area is 132 Å². The summed E-state index contributed by atoms with van der Waals surface area (Å²) in [7, 11) is 0. The van der Waals surface area contributed by atoms with Crippen molar-refractivity contribution in [2.75, 3.05) is 5.32 Å². The first-order valence-corrected chi connectivity index (χ1v) is 7.64. The van der Waals surface area contributed by atoms with Crippen LogP contribution in [0.4, 0.5) is 5.69 Å². The number of nitrogens with zero attached hydrogens (tertiary/aromatic N) is 2. The van der Waals surface area contributed by atoms with Crippen molar-refractivity contribution >= 4 is 21.6 Å². The van der Waals surface area contributed by atoms with Crippen LogP contribution in [0, 0.1) is 0 Å². The molecule has 0 aliphatic rings. The van der Waals surface area contributed by atoms with Crippen molar-refractivity contribution in [2.24, 2.45) is 0 Å². The summed E-state index contributed by atoms with van der Waals surface area (Å²) >= 11 is 3.52. The summed E-state index contributed by atoms with van der Waals surface area (Å²) in [5, 5.41) is 7.87. The van der Waals surface area contributed by atoms with Crippen LogP contribution in [-0.4, -0.2) is 9.78 Å². The number of benzene rings is 2. The molecule has 1 atom stereocenters. The number of aromatic nitrogens is 2. The Kier molecular flexibility index (Phi) is 4.06. The van der Waals surface area contributed by atoms with Gasteiger partial charge in [0, 0.05) is 22.9 Å². The van der Waals surface area contributed by atoms with E-state index in [-0.39, 0.29) is 6.04 Å². The van der Waals surface area contributed by atoms with E-state index in [2.05, 4.69) is 63.6 Å². The van der Waals surface area contributed by atoms with Gasteiger partial charge in [-0.05, 0) is 42.8 Å². The van der Waals surface area contributed by atoms with E-state index in [9.17, 15) is 0 Å². The molecule has 0 radical (unpaired) electrons. The van der Waals surface area contributed by atoms with Gasteiger partial charge in [0.1, 0.15) is 0 Å². The lowest BCUT2D eigenvalue weighted by Gasteiger charge is -2.18. The molecule has 1 aromatic heterocycles. The molecule has 0 fully saturated rings. The van der Waals surface area contributed by atoms with Gasteiger partial charge in [-0.15, -0.1) is 0 Å². The first-order chi connectivity index (χ1) is 10.2. The van der Waals surface area contributed by atoms with Crippen molar-refractivity contribution in [3.05, 3.63) is 77.0 Å². The molecule has 0 saturated carbocycles. The van der Waals surface area contributed by atoms with Gasteiger partial charge >= 0.3 is 0 Å². The lowest BCUT2D eigenvalue weighted by molar-refractivity contribution is 0.853. The number of nitrogens with one attached hydrogen (secondary N) is 1. The van der Waals surface area contributed by atoms with Crippen molar-refractivity contribution < 1.29 is 0 Å². The molecule has 0 bridgehead atoms. The summed E-state index contributed by atoms with van der Waals surface area (Å²) in [4.78, 5) is 0. The van der Waals surface area contributed by atoms with Gasteiger partial charge in [0.2, 0.25) is 0 Å². The number of hydrogen-bond donors (Lipinski definition) is 1. The molecule has 0 amide bonds. The third-order valence-corrected chi connectivity index (χ3v) is 3.87. The Morgan fingerprint density at radius 2 is 1.95 bits per heavy atom. The molecule has 106 valence electrons. The molecule has 0 saturated heterocycles. The second kappa shape index (κ2) is 6.14. The maximum absolute atomic E-state index is 4.31. The Balaban J connectivity index is 1.88. The zero-order chi connectivity index (χ0) is 14.7. The van der Waals surface area contributed by atoms with Crippen LogP contribution in [0.2, 0.25) is 0 Å². The summed E-state index contributed by atoms with van der Waals surface area (Å²) in [5.41, 5.74) is 3.35. The maximum Gasteiger partial charge on any atom is 0.0876 e. The van der Waals surface area contributed by atoms with Crippen LogP contribution < -0.4 is 5.32 Å². The molecule has 21 heavy (non-hydrogen) atoms. The highest BCUT2D eigenvalue weighted by Gasteiger charge is 2.09. The van der Waals surface area contributed by atoms with Crippen LogP contribution in [-0.2, 0) is 0 Å². The number of para-hydroxylation sites is 2. The molecule has 3 aromatic rings. The lowest BCUT2D eigenvalue weighted by Crippen LogP contribution is -2.09. The van der Waals surface area contributed by atoms with Gasteiger partial charge in [0.05, 0.1) is 11.4 Å². The molecule has 1 N–H and O–H groups in total. The van der Waals surface area contributed by atoms with Gasteiger partial charge < -0.3 is 5.32 Å². The van der Waals surface area contributed by atoms with Crippen LogP contribution in [0.15, 0.2) is 71.5 Å². The molecule has 0 aliphatic heterocycles. The van der Waals surface area contributed by atoms with Crippen molar-refractivity contribution in [3.63, 3.8) is 0 Å². The van der Waals surface area contributed by atoms with E-state index in [4.69, 9.17) is 0 Å². The highest BCUT2D eigenvalue weighted by molar-refractivity contribution is 9.10. The Hall–Kier alpha value is -2.07. The van der Waals surface area contributed by atoms with E-state index in [1.54, 1.807) is 6.20 Å². The van der Waals surface area contributed by atoms with Crippen molar-refractivity contribution in [2.45, 2.75) is 13.0 Å². The normalized spacial score (nSPS) is 12.1. The van der Waals surface area contributed by atoms with Gasteiger partial charge in [0.25, 0.3) is 0 Å². The smallest absolute Gasteiger partial charge is 0.0876 e. The minimum Gasteiger partial charge on any atom is -0.377 e. The molecule has 0 spiro atoms. The first-order valence-electron chi connectivity index (χ1n) is 6.85. The van der Waals surface area contributed by atoms with Gasteiger partial charge in [-0.3, -0.25) is 0 Å². The van der Waals surface area contributed by atoms with Crippen LogP contribution in [0.3, 0.4) is 0 Å². The Morgan fingerprint density at radius 3 is 2.71 bits per heavy atom. The lowest BCUT2D eigenvalue weighted by atomic mass is 10.1. The summed E-state index contributed by atoms with van der Waals surface area (Å²) < 4.78 is 2.96. The number of anilines is 1. The van der Waals surface area contributed by atoms with E-state index in [0.29, 0.717) is 0 Å². The molecule has 1 unspecified atom stereocenters.